The van der Waals surface area contributed by atoms with Crippen LogP contribution >= 0.6 is 0 Å². The lowest BCUT2D eigenvalue weighted by Crippen LogP contribution is -2.18. The Balaban J connectivity index is 2.28. The highest BCUT2D eigenvalue weighted by Gasteiger charge is 2.27. The summed E-state index contributed by atoms with van der Waals surface area (Å²) in [6.07, 6.45) is 4.29. The number of hydrogen-bond donors (Lipinski definition) is 1. The maximum absolute atomic E-state index is 5.68. The fourth-order valence-corrected chi connectivity index (χ4v) is 2.16. The summed E-state index contributed by atoms with van der Waals surface area (Å²) in [5, 5.41) is 0. The van der Waals surface area contributed by atoms with Crippen molar-refractivity contribution >= 4 is 0 Å². The van der Waals surface area contributed by atoms with Gasteiger partial charge in [0.05, 0.1) is 0 Å². The molecule has 1 aliphatic rings. The standard InChI is InChI=1S/C11H16N2/c1-8(7-12)10-5-4-9-3-2-6-13-11(9)10/h2-3,6,8,10H,4-5,7,12H2,1H3. The molecule has 1 heterocycles. The molecule has 0 aliphatic heterocycles. The number of aromatic nitrogens is 1. The van der Waals surface area contributed by atoms with Gasteiger partial charge in [0.2, 0.25) is 0 Å². The first-order chi connectivity index (χ1) is 6.33. The maximum Gasteiger partial charge on any atom is 0.0469 e. The van der Waals surface area contributed by atoms with Gasteiger partial charge in [-0.05, 0) is 36.9 Å². The molecular formula is C11H16N2. The molecule has 2 heteroatoms. The van der Waals surface area contributed by atoms with E-state index in [1.54, 1.807) is 0 Å². The Morgan fingerprint density at radius 3 is 3.31 bits per heavy atom. The van der Waals surface area contributed by atoms with Crippen LogP contribution in [0.2, 0.25) is 0 Å². The topological polar surface area (TPSA) is 38.9 Å². The van der Waals surface area contributed by atoms with Crippen molar-refractivity contribution in [3.05, 3.63) is 29.6 Å². The van der Waals surface area contributed by atoms with E-state index in [0.29, 0.717) is 11.8 Å². The second-order valence-electron chi connectivity index (χ2n) is 3.91. The molecule has 1 aromatic heterocycles. The van der Waals surface area contributed by atoms with Crippen molar-refractivity contribution in [1.82, 2.24) is 4.98 Å². The molecule has 2 unspecified atom stereocenters. The van der Waals surface area contributed by atoms with Crippen LogP contribution in [0.5, 0.6) is 0 Å². The molecule has 70 valence electrons. The Labute approximate surface area is 79.2 Å². The lowest BCUT2D eigenvalue weighted by Gasteiger charge is -2.16. The van der Waals surface area contributed by atoms with Crippen LogP contribution in [0.25, 0.3) is 0 Å². The van der Waals surface area contributed by atoms with E-state index in [1.807, 2.05) is 12.3 Å². The van der Waals surface area contributed by atoms with Crippen molar-refractivity contribution in [2.24, 2.45) is 11.7 Å². The van der Waals surface area contributed by atoms with Gasteiger partial charge in [-0.25, -0.2) is 0 Å². The van der Waals surface area contributed by atoms with Crippen molar-refractivity contribution in [3.8, 4) is 0 Å². The first kappa shape index (κ1) is 8.70. The van der Waals surface area contributed by atoms with E-state index in [2.05, 4.69) is 18.0 Å². The molecule has 0 bridgehead atoms. The molecule has 0 saturated carbocycles. The summed E-state index contributed by atoms with van der Waals surface area (Å²) in [5.41, 5.74) is 8.40. The summed E-state index contributed by atoms with van der Waals surface area (Å²) >= 11 is 0. The van der Waals surface area contributed by atoms with E-state index in [4.69, 9.17) is 5.73 Å². The Hall–Kier alpha value is -0.890. The van der Waals surface area contributed by atoms with Gasteiger partial charge in [-0.15, -0.1) is 0 Å². The Morgan fingerprint density at radius 1 is 1.69 bits per heavy atom. The normalized spacial score (nSPS) is 22.8. The zero-order valence-electron chi connectivity index (χ0n) is 8.03. The molecule has 1 aromatic rings. The third-order valence-electron chi connectivity index (χ3n) is 3.06. The van der Waals surface area contributed by atoms with Gasteiger partial charge in [0.25, 0.3) is 0 Å². The maximum atomic E-state index is 5.68. The molecule has 1 aliphatic carbocycles. The molecule has 2 nitrogen and oxygen atoms in total. The van der Waals surface area contributed by atoms with Crippen molar-refractivity contribution in [2.75, 3.05) is 6.54 Å². The smallest absolute Gasteiger partial charge is 0.0469 e. The number of nitrogens with two attached hydrogens (primary N) is 1. The molecule has 0 aromatic carbocycles. The number of pyridine rings is 1. The van der Waals surface area contributed by atoms with E-state index in [1.165, 1.54) is 24.1 Å². The summed E-state index contributed by atoms with van der Waals surface area (Å²) in [6.45, 7) is 2.98. The van der Waals surface area contributed by atoms with Crippen LogP contribution in [-0.4, -0.2) is 11.5 Å². The minimum Gasteiger partial charge on any atom is -0.330 e. The van der Waals surface area contributed by atoms with Crippen LogP contribution in [0, 0.1) is 5.92 Å². The minimum atomic E-state index is 0.566. The van der Waals surface area contributed by atoms with Gasteiger partial charge >= 0.3 is 0 Å². The molecule has 0 spiro atoms. The molecular weight excluding hydrogens is 160 g/mol. The van der Waals surface area contributed by atoms with Crippen LogP contribution in [0.1, 0.15) is 30.5 Å². The highest BCUT2D eigenvalue weighted by atomic mass is 14.7. The molecule has 13 heavy (non-hydrogen) atoms. The molecule has 2 rings (SSSR count). The average molecular weight is 176 g/mol. The van der Waals surface area contributed by atoms with Crippen LogP contribution in [0.3, 0.4) is 0 Å². The number of aryl methyl sites for hydroxylation is 1. The van der Waals surface area contributed by atoms with E-state index in [9.17, 15) is 0 Å². The second-order valence-corrected chi connectivity index (χ2v) is 3.91. The average Bonchev–Trinajstić information content (AvgIpc) is 2.60. The SMILES string of the molecule is CC(CN)C1CCc2cccnc21. The lowest BCUT2D eigenvalue weighted by molar-refractivity contribution is 0.459. The second kappa shape index (κ2) is 3.46. The minimum absolute atomic E-state index is 0.566. The fourth-order valence-electron chi connectivity index (χ4n) is 2.16. The number of nitrogens with zero attached hydrogens (tertiary/aromatic N) is 1. The largest absolute Gasteiger partial charge is 0.330 e. The summed E-state index contributed by atoms with van der Waals surface area (Å²) in [6, 6.07) is 4.21. The molecule has 0 saturated heterocycles. The Morgan fingerprint density at radius 2 is 2.54 bits per heavy atom. The van der Waals surface area contributed by atoms with Crippen molar-refractivity contribution in [2.45, 2.75) is 25.7 Å². The van der Waals surface area contributed by atoms with Gasteiger partial charge in [0.15, 0.2) is 0 Å². The summed E-state index contributed by atoms with van der Waals surface area (Å²) in [4.78, 5) is 4.45. The van der Waals surface area contributed by atoms with E-state index < -0.39 is 0 Å². The van der Waals surface area contributed by atoms with Gasteiger partial charge in [-0.3, -0.25) is 4.98 Å². The van der Waals surface area contributed by atoms with Gasteiger partial charge in [0.1, 0.15) is 0 Å². The highest BCUT2D eigenvalue weighted by Crippen LogP contribution is 2.35. The van der Waals surface area contributed by atoms with Crippen LogP contribution in [0.15, 0.2) is 18.3 Å². The van der Waals surface area contributed by atoms with Crippen LogP contribution in [0.4, 0.5) is 0 Å². The fraction of sp³-hybridized carbons (Fsp3) is 0.545. The van der Waals surface area contributed by atoms with Gasteiger partial charge in [-0.2, -0.15) is 0 Å². The number of hydrogen-bond acceptors (Lipinski definition) is 2. The van der Waals surface area contributed by atoms with Crippen LogP contribution in [-0.2, 0) is 6.42 Å². The van der Waals surface area contributed by atoms with Gasteiger partial charge < -0.3 is 5.73 Å². The number of fused-ring (bicyclic) bond motifs is 1. The van der Waals surface area contributed by atoms with E-state index >= 15 is 0 Å². The quantitative estimate of drug-likeness (QED) is 0.745. The Bertz CT molecular complexity index is 296. The van der Waals surface area contributed by atoms with Gasteiger partial charge in [0, 0.05) is 17.8 Å². The van der Waals surface area contributed by atoms with Gasteiger partial charge in [-0.1, -0.05) is 13.0 Å². The Kier molecular flexibility index (Phi) is 2.32. The number of rotatable bonds is 2. The zero-order valence-corrected chi connectivity index (χ0v) is 8.03. The monoisotopic (exact) mass is 176 g/mol. The summed E-state index contributed by atoms with van der Waals surface area (Å²) in [7, 11) is 0. The molecule has 0 fully saturated rings. The predicted molar refractivity (Wildman–Crippen MR) is 53.5 cm³/mol. The van der Waals surface area contributed by atoms with Crippen molar-refractivity contribution in [1.29, 1.82) is 0 Å². The molecule has 0 amide bonds. The first-order valence-electron chi connectivity index (χ1n) is 4.96. The van der Waals surface area contributed by atoms with E-state index in [0.717, 1.165) is 6.54 Å². The molecule has 2 N–H and O–H groups in total. The summed E-state index contributed by atoms with van der Waals surface area (Å²) in [5.74, 6) is 1.16. The zero-order chi connectivity index (χ0) is 9.26. The van der Waals surface area contributed by atoms with Crippen molar-refractivity contribution < 1.29 is 0 Å². The highest BCUT2D eigenvalue weighted by molar-refractivity contribution is 5.28. The predicted octanol–water partition coefficient (Wildman–Crippen LogP) is 1.71. The molecule has 0 radical (unpaired) electrons. The van der Waals surface area contributed by atoms with Crippen molar-refractivity contribution in [3.63, 3.8) is 0 Å². The first-order valence-corrected chi connectivity index (χ1v) is 4.96. The summed E-state index contributed by atoms with van der Waals surface area (Å²) < 4.78 is 0. The third kappa shape index (κ3) is 1.46. The van der Waals surface area contributed by atoms with E-state index in [-0.39, 0.29) is 0 Å². The molecule has 2 atom stereocenters. The lowest BCUT2D eigenvalue weighted by atomic mass is 9.92. The third-order valence-corrected chi connectivity index (χ3v) is 3.06. The van der Waals surface area contributed by atoms with Crippen LogP contribution < -0.4 is 5.73 Å².